The molecular formula is C15H6Cl2F7N3S. The smallest absolute Gasteiger partial charge is 0.244 e. The fourth-order valence-corrected chi connectivity index (χ4v) is 3.67. The Morgan fingerprint density at radius 1 is 0.929 bits per heavy atom. The van der Waals surface area contributed by atoms with E-state index in [9.17, 15) is 30.7 Å². The Labute approximate surface area is 166 Å². The molecule has 0 N–H and O–H groups in total. The van der Waals surface area contributed by atoms with E-state index in [0.29, 0.717) is 10.6 Å². The standard InChI is InChI=1S/C15H6Cl2F7N3S/c16-9-3-8(13(18,14(19,20)21)15(22,23)24)4-10(17)11(9)27-6-7(5-26-27)12-25-1-2-28-12/h1-6H. The average molecular weight is 464 g/mol. The van der Waals surface area contributed by atoms with Gasteiger partial charge in [-0.15, -0.1) is 11.3 Å². The minimum Gasteiger partial charge on any atom is -0.244 e. The SMILES string of the molecule is FC(F)(F)C(F)(c1cc(Cl)c(-n2cc(-c3nccs3)cn2)c(Cl)c1)C(F)(F)F. The molecular weight excluding hydrogens is 458 g/mol. The number of halogens is 9. The highest BCUT2D eigenvalue weighted by Crippen LogP contribution is 2.54. The Bertz CT molecular complexity index is 959. The molecule has 3 rings (SSSR count). The molecule has 0 aliphatic heterocycles. The second kappa shape index (κ2) is 6.89. The summed E-state index contributed by atoms with van der Waals surface area (Å²) in [4.78, 5) is 4.04. The van der Waals surface area contributed by atoms with Gasteiger partial charge in [0.05, 0.1) is 16.2 Å². The Balaban J connectivity index is 2.12. The zero-order valence-electron chi connectivity index (χ0n) is 13.1. The largest absolute Gasteiger partial charge is 0.435 e. The van der Waals surface area contributed by atoms with Crippen molar-refractivity contribution in [1.29, 1.82) is 0 Å². The van der Waals surface area contributed by atoms with E-state index in [4.69, 9.17) is 23.2 Å². The zero-order chi connectivity index (χ0) is 20.9. The van der Waals surface area contributed by atoms with Crippen molar-refractivity contribution >= 4 is 34.5 Å². The highest BCUT2D eigenvalue weighted by atomic mass is 35.5. The molecule has 0 amide bonds. The first-order valence-electron chi connectivity index (χ1n) is 7.13. The predicted octanol–water partition coefficient (Wildman–Crippen LogP) is 6.59. The van der Waals surface area contributed by atoms with Gasteiger partial charge in [0.1, 0.15) is 10.7 Å². The van der Waals surface area contributed by atoms with E-state index in [-0.39, 0.29) is 17.8 Å². The minimum absolute atomic E-state index is 0.207. The number of nitrogens with zero attached hydrogens (tertiary/aromatic N) is 3. The van der Waals surface area contributed by atoms with Crippen LogP contribution in [0.5, 0.6) is 0 Å². The molecule has 0 aliphatic rings. The molecule has 0 saturated carbocycles. The molecule has 0 fully saturated rings. The third-order valence-electron chi connectivity index (χ3n) is 3.69. The first-order valence-corrected chi connectivity index (χ1v) is 8.76. The molecule has 28 heavy (non-hydrogen) atoms. The third kappa shape index (κ3) is 3.35. The number of benzene rings is 1. The van der Waals surface area contributed by atoms with E-state index >= 15 is 0 Å². The van der Waals surface area contributed by atoms with Crippen LogP contribution in [0.3, 0.4) is 0 Å². The van der Waals surface area contributed by atoms with Gasteiger partial charge in [-0.25, -0.2) is 14.1 Å². The van der Waals surface area contributed by atoms with Crippen LogP contribution in [0.1, 0.15) is 5.56 Å². The van der Waals surface area contributed by atoms with Crippen LogP contribution in [-0.4, -0.2) is 27.1 Å². The number of hydrogen-bond acceptors (Lipinski definition) is 3. The predicted molar refractivity (Wildman–Crippen MR) is 89.6 cm³/mol. The van der Waals surface area contributed by atoms with Crippen LogP contribution >= 0.6 is 34.5 Å². The summed E-state index contributed by atoms with van der Waals surface area (Å²) < 4.78 is 92.8. The maximum Gasteiger partial charge on any atom is 0.435 e. The normalized spacial score (nSPS) is 13.2. The third-order valence-corrected chi connectivity index (χ3v) is 5.09. The number of hydrogen-bond donors (Lipinski definition) is 0. The molecule has 0 saturated heterocycles. The van der Waals surface area contributed by atoms with Gasteiger partial charge in [0, 0.05) is 28.9 Å². The van der Waals surface area contributed by atoms with Crippen LogP contribution < -0.4 is 0 Å². The van der Waals surface area contributed by atoms with Crippen LogP contribution in [0, 0.1) is 0 Å². The summed E-state index contributed by atoms with van der Waals surface area (Å²) in [5.74, 6) is 0. The van der Waals surface area contributed by atoms with Crippen LogP contribution in [0.2, 0.25) is 10.0 Å². The van der Waals surface area contributed by atoms with Crippen molar-refractivity contribution in [2.24, 2.45) is 0 Å². The van der Waals surface area contributed by atoms with Gasteiger partial charge in [-0.1, -0.05) is 23.2 Å². The quantitative estimate of drug-likeness (QED) is 0.410. The van der Waals surface area contributed by atoms with E-state index < -0.39 is 33.6 Å². The molecule has 0 bridgehead atoms. The van der Waals surface area contributed by atoms with Crippen molar-refractivity contribution in [3.05, 3.63) is 51.7 Å². The molecule has 2 aromatic heterocycles. The lowest BCUT2D eigenvalue weighted by molar-refractivity contribution is -0.348. The summed E-state index contributed by atoms with van der Waals surface area (Å²) in [7, 11) is 0. The second-order valence-corrected chi connectivity index (χ2v) is 7.16. The van der Waals surface area contributed by atoms with Crippen LogP contribution in [0.25, 0.3) is 16.3 Å². The Kier molecular flexibility index (Phi) is 5.13. The molecule has 0 aliphatic carbocycles. The summed E-state index contributed by atoms with van der Waals surface area (Å²) in [6.45, 7) is 0. The second-order valence-electron chi connectivity index (χ2n) is 5.45. The van der Waals surface area contributed by atoms with Gasteiger partial charge in [0.15, 0.2) is 0 Å². The van der Waals surface area contributed by atoms with E-state index in [1.807, 2.05) is 0 Å². The van der Waals surface area contributed by atoms with E-state index in [0.717, 1.165) is 4.68 Å². The highest BCUT2D eigenvalue weighted by Gasteiger charge is 2.73. The summed E-state index contributed by atoms with van der Waals surface area (Å²) in [6, 6.07) is 0.461. The zero-order valence-corrected chi connectivity index (χ0v) is 15.4. The first-order chi connectivity index (χ1) is 12.9. The molecule has 0 unspecified atom stereocenters. The van der Waals surface area contributed by atoms with Gasteiger partial charge >= 0.3 is 18.0 Å². The van der Waals surface area contributed by atoms with Crippen molar-refractivity contribution in [2.45, 2.75) is 18.0 Å². The maximum absolute atomic E-state index is 14.2. The fourth-order valence-electron chi connectivity index (χ4n) is 2.39. The van der Waals surface area contributed by atoms with Crippen LogP contribution in [0.15, 0.2) is 36.1 Å². The molecule has 3 nitrogen and oxygen atoms in total. The lowest BCUT2D eigenvalue weighted by atomic mass is 9.94. The van der Waals surface area contributed by atoms with Crippen LogP contribution in [-0.2, 0) is 5.67 Å². The van der Waals surface area contributed by atoms with Crippen molar-refractivity contribution in [1.82, 2.24) is 14.8 Å². The van der Waals surface area contributed by atoms with Gasteiger partial charge < -0.3 is 0 Å². The minimum atomic E-state index is -6.27. The number of thiazole rings is 1. The van der Waals surface area contributed by atoms with Crippen molar-refractivity contribution in [2.75, 3.05) is 0 Å². The summed E-state index contributed by atoms with van der Waals surface area (Å²) in [6.07, 6.45) is -8.29. The molecule has 0 spiro atoms. The van der Waals surface area contributed by atoms with Crippen molar-refractivity contribution < 1.29 is 30.7 Å². The fraction of sp³-hybridized carbons (Fsp3) is 0.200. The molecule has 3 aromatic rings. The summed E-state index contributed by atoms with van der Waals surface area (Å²) >= 11 is 13.0. The molecule has 13 heteroatoms. The van der Waals surface area contributed by atoms with Gasteiger partial charge in [0.2, 0.25) is 0 Å². The molecule has 1 aromatic carbocycles. The lowest BCUT2D eigenvalue weighted by Gasteiger charge is -2.30. The molecule has 2 heterocycles. The summed E-state index contributed by atoms with van der Waals surface area (Å²) in [5, 5.41) is 4.89. The first kappa shape index (κ1) is 20.9. The maximum atomic E-state index is 14.2. The highest BCUT2D eigenvalue weighted by molar-refractivity contribution is 7.13. The lowest BCUT2D eigenvalue weighted by Crippen LogP contribution is -2.50. The molecule has 0 atom stereocenters. The van der Waals surface area contributed by atoms with Gasteiger partial charge in [-0.2, -0.15) is 31.4 Å². The van der Waals surface area contributed by atoms with Crippen molar-refractivity contribution in [3.8, 4) is 16.3 Å². The van der Waals surface area contributed by atoms with Gasteiger partial charge in [-0.3, -0.25) is 0 Å². The Hall–Kier alpha value is -1.85. The molecule has 150 valence electrons. The monoisotopic (exact) mass is 463 g/mol. The summed E-state index contributed by atoms with van der Waals surface area (Å²) in [5.41, 5.74) is -7.11. The van der Waals surface area contributed by atoms with Crippen LogP contribution in [0.4, 0.5) is 30.7 Å². The topological polar surface area (TPSA) is 30.7 Å². The van der Waals surface area contributed by atoms with E-state index in [2.05, 4.69) is 10.1 Å². The number of alkyl halides is 7. The number of aromatic nitrogens is 3. The van der Waals surface area contributed by atoms with E-state index in [1.54, 1.807) is 5.38 Å². The Morgan fingerprint density at radius 2 is 1.50 bits per heavy atom. The van der Waals surface area contributed by atoms with Gasteiger partial charge in [0.25, 0.3) is 0 Å². The average Bonchev–Trinajstić information content (AvgIpc) is 3.22. The van der Waals surface area contributed by atoms with Gasteiger partial charge in [-0.05, 0) is 12.1 Å². The van der Waals surface area contributed by atoms with E-state index in [1.165, 1.54) is 29.9 Å². The van der Waals surface area contributed by atoms with Crippen molar-refractivity contribution in [3.63, 3.8) is 0 Å². The number of rotatable bonds is 3. The Morgan fingerprint density at radius 3 is 1.96 bits per heavy atom. The molecule has 0 radical (unpaired) electrons.